The van der Waals surface area contributed by atoms with Crippen molar-refractivity contribution in [3.8, 4) is 0 Å². The molecule has 1 aliphatic rings. The average Bonchev–Trinajstić information content (AvgIpc) is 2.72. The lowest BCUT2D eigenvalue weighted by atomic mass is 9.83. The fourth-order valence-electron chi connectivity index (χ4n) is 3.54. The number of benzene rings is 1. The molecule has 7 nitrogen and oxygen atoms in total. The quantitative estimate of drug-likeness (QED) is 0.296. The van der Waals surface area contributed by atoms with Gasteiger partial charge in [-0.25, -0.2) is 4.79 Å². The highest BCUT2D eigenvalue weighted by Gasteiger charge is 2.46. The van der Waals surface area contributed by atoms with E-state index in [4.69, 9.17) is 27.9 Å². The van der Waals surface area contributed by atoms with Gasteiger partial charge in [0.1, 0.15) is 6.04 Å². The Balaban J connectivity index is 1.94. The zero-order chi connectivity index (χ0) is 22.1. The summed E-state index contributed by atoms with van der Waals surface area (Å²) >= 11 is 12.8. The number of ether oxygens (including phenoxy) is 1. The predicted molar refractivity (Wildman–Crippen MR) is 116 cm³/mol. The first-order valence-electron chi connectivity index (χ1n) is 10.1. The Morgan fingerprint density at radius 3 is 2.57 bits per heavy atom. The number of aliphatic carboxylic acids is 1. The van der Waals surface area contributed by atoms with Gasteiger partial charge in [0.05, 0.1) is 28.9 Å². The van der Waals surface area contributed by atoms with Gasteiger partial charge in [-0.1, -0.05) is 30.3 Å². The van der Waals surface area contributed by atoms with Crippen molar-refractivity contribution >= 4 is 35.1 Å². The van der Waals surface area contributed by atoms with Crippen LogP contribution in [0.15, 0.2) is 30.3 Å². The molecule has 1 aromatic rings. The van der Waals surface area contributed by atoms with Crippen LogP contribution in [0.1, 0.15) is 24.8 Å². The van der Waals surface area contributed by atoms with Gasteiger partial charge in [0, 0.05) is 13.0 Å². The van der Waals surface area contributed by atoms with Gasteiger partial charge < -0.3 is 25.6 Å². The molecular formula is C21H30Cl2N2O5. The minimum absolute atomic E-state index is 0.137. The number of unbranched alkanes of at least 4 members (excludes halogenated alkanes) is 1. The lowest BCUT2D eigenvalue weighted by Gasteiger charge is -2.39. The van der Waals surface area contributed by atoms with Crippen molar-refractivity contribution in [2.24, 2.45) is 5.92 Å². The Morgan fingerprint density at radius 2 is 1.93 bits per heavy atom. The van der Waals surface area contributed by atoms with Gasteiger partial charge in [0.2, 0.25) is 5.91 Å². The molecule has 0 bridgehead atoms. The lowest BCUT2D eigenvalue weighted by Crippen LogP contribution is -2.56. The van der Waals surface area contributed by atoms with Crippen LogP contribution in [0.2, 0.25) is 0 Å². The molecule has 0 saturated heterocycles. The number of carboxylic acids is 1. The zero-order valence-electron chi connectivity index (χ0n) is 17.0. The zero-order valence-corrected chi connectivity index (χ0v) is 18.5. The first-order chi connectivity index (χ1) is 14.3. The van der Waals surface area contributed by atoms with E-state index in [1.54, 1.807) is 24.3 Å². The summed E-state index contributed by atoms with van der Waals surface area (Å²) in [4.78, 5) is 24.4. The van der Waals surface area contributed by atoms with Gasteiger partial charge in [-0.05, 0) is 38.4 Å². The minimum Gasteiger partial charge on any atom is -0.480 e. The number of aliphatic hydroxyl groups is 1. The van der Waals surface area contributed by atoms with Crippen molar-refractivity contribution in [2.75, 3.05) is 20.2 Å². The van der Waals surface area contributed by atoms with E-state index in [2.05, 4.69) is 10.6 Å². The van der Waals surface area contributed by atoms with Crippen LogP contribution in [0, 0.1) is 5.92 Å². The van der Waals surface area contributed by atoms with Crippen molar-refractivity contribution in [3.63, 3.8) is 0 Å². The molecule has 1 aliphatic carbocycles. The number of carboxylic acid groups (broad SMARTS) is 1. The summed E-state index contributed by atoms with van der Waals surface area (Å²) in [6, 6.07) is 7.90. The van der Waals surface area contributed by atoms with Crippen LogP contribution in [0.25, 0.3) is 0 Å². The van der Waals surface area contributed by atoms with Crippen molar-refractivity contribution in [1.82, 2.24) is 10.6 Å². The third-order valence-corrected chi connectivity index (χ3v) is 6.19. The summed E-state index contributed by atoms with van der Waals surface area (Å²) in [6.07, 6.45) is 0.282. The number of hydrogen-bond donors (Lipinski definition) is 4. The van der Waals surface area contributed by atoms with E-state index >= 15 is 0 Å². The second kappa shape index (κ2) is 12.5. The summed E-state index contributed by atoms with van der Waals surface area (Å²) in [7, 11) is 1.88. The number of rotatable bonds is 11. The number of hydrogen-bond acceptors (Lipinski definition) is 5. The molecule has 1 amide bonds. The lowest BCUT2D eigenvalue weighted by molar-refractivity contribution is -0.144. The molecule has 0 radical (unpaired) electrons. The Labute approximate surface area is 187 Å². The van der Waals surface area contributed by atoms with Crippen molar-refractivity contribution in [1.29, 1.82) is 0 Å². The van der Waals surface area contributed by atoms with Gasteiger partial charge in [-0.2, -0.15) is 0 Å². The van der Waals surface area contributed by atoms with Crippen LogP contribution in [-0.4, -0.2) is 71.3 Å². The van der Waals surface area contributed by atoms with Crippen LogP contribution >= 0.6 is 23.2 Å². The van der Waals surface area contributed by atoms with E-state index in [9.17, 15) is 19.8 Å². The smallest absolute Gasteiger partial charge is 0.326 e. The van der Waals surface area contributed by atoms with E-state index in [0.29, 0.717) is 6.61 Å². The Bertz CT molecular complexity index is 679. The molecule has 5 unspecified atom stereocenters. The first-order valence-corrected chi connectivity index (χ1v) is 11.0. The fourth-order valence-corrected chi connectivity index (χ4v) is 4.46. The van der Waals surface area contributed by atoms with Crippen molar-refractivity contribution < 1.29 is 24.5 Å². The highest BCUT2D eigenvalue weighted by Crippen LogP contribution is 2.34. The normalized spacial score (nSPS) is 27.4. The number of halogens is 2. The summed E-state index contributed by atoms with van der Waals surface area (Å²) in [5, 5.41) is 24.2. The Morgan fingerprint density at radius 1 is 1.23 bits per heavy atom. The van der Waals surface area contributed by atoms with Crippen molar-refractivity contribution in [2.45, 2.75) is 54.7 Å². The Kier molecular flexibility index (Phi) is 10.3. The van der Waals surface area contributed by atoms with Crippen LogP contribution in [0.4, 0.5) is 0 Å². The molecule has 30 heavy (non-hydrogen) atoms. The molecule has 4 N–H and O–H groups in total. The van der Waals surface area contributed by atoms with Crippen LogP contribution in [0.3, 0.4) is 0 Å². The van der Waals surface area contributed by atoms with Crippen LogP contribution < -0.4 is 10.6 Å². The highest BCUT2D eigenvalue weighted by molar-refractivity contribution is 6.25. The molecule has 168 valence electrons. The molecule has 1 aromatic carbocycles. The maximum atomic E-state index is 12.7. The maximum Gasteiger partial charge on any atom is 0.326 e. The van der Waals surface area contributed by atoms with Gasteiger partial charge in [0.15, 0.2) is 0 Å². The van der Waals surface area contributed by atoms with E-state index in [1.807, 2.05) is 13.1 Å². The molecule has 1 fully saturated rings. The minimum atomic E-state index is -1.19. The highest BCUT2D eigenvalue weighted by atomic mass is 35.5. The van der Waals surface area contributed by atoms with Crippen LogP contribution in [-0.2, 0) is 20.7 Å². The molecular weight excluding hydrogens is 431 g/mol. The topological polar surface area (TPSA) is 108 Å². The third kappa shape index (κ3) is 7.10. The SMILES string of the molecule is CNCCCCOC1C(Cl)CC(C(=O)N[C@@H](Cc2ccccc2)C(=O)O)C(O)C1Cl. The summed E-state index contributed by atoms with van der Waals surface area (Å²) < 4.78 is 5.77. The average molecular weight is 461 g/mol. The first kappa shape index (κ1) is 24.9. The molecule has 9 heteroatoms. The molecule has 6 atom stereocenters. The largest absolute Gasteiger partial charge is 0.480 e. The number of nitrogens with one attached hydrogen (secondary N) is 2. The summed E-state index contributed by atoms with van der Waals surface area (Å²) in [5.41, 5.74) is 0.784. The number of carbonyl (C=O) groups excluding carboxylic acids is 1. The fraction of sp³-hybridized carbons (Fsp3) is 0.619. The van der Waals surface area contributed by atoms with Gasteiger partial charge >= 0.3 is 5.97 Å². The standard InChI is InChI=1S/C21H30Cl2N2O5/c1-24-9-5-6-10-30-19-15(22)12-14(18(26)17(19)23)20(27)25-16(21(28)29)11-13-7-3-2-4-8-13/h2-4,7-8,14-19,24,26H,5-6,9-12H2,1H3,(H,25,27)(H,28,29)/t14?,15?,16-,17?,18?,19?/m0/s1. The van der Waals surface area contributed by atoms with E-state index in [-0.39, 0.29) is 12.8 Å². The molecule has 0 aromatic heterocycles. The third-order valence-electron chi connectivity index (χ3n) is 5.25. The number of alkyl halides is 2. The van der Waals surface area contributed by atoms with Gasteiger partial charge in [0.25, 0.3) is 0 Å². The van der Waals surface area contributed by atoms with E-state index in [0.717, 1.165) is 24.9 Å². The maximum absolute atomic E-state index is 12.7. The molecule has 1 saturated carbocycles. The number of aliphatic hydroxyl groups excluding tert-OH is 1. The molecule has 0 heterocycles. The molecule has 0 aliphatic heterocycles. The summed E-state index contributed by atoms with van der Waals surface area (Å²) in [6.45, 7) is 1.34. The number of carbonyl (C=O) groups is 2. The molecule has 2 rings (SSSR count). The monoisotopic (exact) mass is 460 g/mol. The van der Waals surface area contributed by atoms with Gasteiger partial charge in [-0.15, -0.1) is 23.2 Å². The predicted octanol–water partition coefficient (Wildman–Crippen LogP) is 1.78. The Hall–Kier alpha value is -1.38. The second-order valence-electron chi connectivity index (χ2n) is 7.53. The van der Waals surface area contributed by atoms with E-state index in [1.165, 1.54) is 0 Å². The van der Waals surface area contributed by atoms with Crippen LogP contribution in [0.5, 0.6) is 0 Å². The van der Waals surface area contributed by atoms with E-state index < -0.39 is 46.8 Å². The van der Waals surface area contributed by atoms with Crippen molar-refractivity contribution in [3.05, 3.63) is 35.9 Å². The van der Waals surface area contributed by atoms with Gasteiger partial charge in [-0.3, -0.25) is 4.79 Å². The second-order valence-corrected chi connectivity index (χ2v) is 8.59. The molecule has 0 spiro atoms. The summed E-state index contributed by atoms with van der Waals surface area (Å²) in [5.74, 6) is -2.63. The number of amides is 1.